The second-order valence-corrected chi connectivity index (χ2v) is 3.79. The average molecular weight is 279 g/mol. The number of rotatable bonds is 2. The number of hydrogen-bond acceptors (Lipinski definition) is 1. The molecule has 1 aromatic rings. The van der Waals surface area contributed by atoms with E-state index >= 15 is 0 Å². The minimum absolute atomic E-state index is 0.0515. The second-order valence-electron chi connectivity index (χ2n) is 2.46. The van der Waals surface area contributed by atoms with Crippen molar-refractivity contribution in [3.05, 3.63) is 39.1 Å². The highest BCUT2D eigenvalue weighted by atomic mass is 79.9. The molecule has 0 unspecified atom stereocenters. The first-order valence-electron chi connectivity index (χ1n) is 3.56. The Morgan fingerprint density at radius 3 is 2.79 bits per heavy atom. The van der Waals surface area contributed by atoms with Gasteiger partial charge in [-0.2, -0.15) is 0 Å². The monoisotopic (exact) mass is 278 g/mol. The number of carboxylic acid groups (broad SMARTS) is 1. The molecule has 0 saturated heterocycles. The Morgan fingerprint density at radius 1 is 1.57 bits per heavy atom. The largest absolute Gasteiger partial charge is 0.478 e. The Hall–Kier alpha value is -0.870. The van der Waals surface area contributed by atoms with Crippen molar-refractivity contribution in [2.24, 2.45) is 0 Å². The maximum atomic E-state index is 13.2. The van der Waals surface area contributed by atoms with Crippen molar-refractivity contribution >= 4 is 39.6 Å². The first-order valence-corrected chi connectivity index (χ1v) is 4.73. The fraction of sp³-hybridized carbons (Fsp3) is 0. The van der Waals surface area contributed by atoms with Crippen molar-refractivity contribution in [3.8, 4) is 0 Å². The maximum Gasteiger partial charge on any atom is 0.328 e. The molecule has 0 bridgehead atoms. The third-order valence-electron chi connectivity index (χ3n) is 1.43. The molecule has 1 N–H and O–H groups in total. The Labute approximate surface area is 93.1 Å². The van der Waals surface area contributed by atoms with E-state index in [1.54, 1.807) is 0 Å². The molecule has 1 rings (SSSR count). The van der Waals surface area contributed by atoms with Crippen molar-refractivity contribution in [1.29, 1.82) is 0 Å². The highest BCUT2D eigenvalue weighted by Crippen LogP contribution is 2.24. The standard InChI is InChI=1S/C9H5BrClFO2/c10-6-3-5(1-2-8(13)14)9(12)7(11)4-6/h1-4H,(H,13,14)/b2-1+. The number of carboxylic acids is 1. The average Bonchev–Trinajstić information content (AvgIpc) is 2.08. The van der Waals surface area contributed by atoms with E-state index in [0.717, 1.165) is 12.2 Å². The third-order valence-corrected chi connectivity index (χ3v) is 2.16. The SMILES string of the molecule is O=C(O)/C=C/c1cc(Br)cc(Cl)c1F. The van der Waals surface area contributed by atoms with Crippen LogP contribution in [0, 0.1) is 5.82 Å². The van der Waals surface area contributed by atoms with Crippen LogP contribution in [0.1, 0.15) is 5.56 Å². The van der Waals surface area contributed by atoms with Crippen molar-refractivity contribution in [2.75, 3.05) is 0 Å². The first kappa shape index (κ1) is 11.2. The Kier molecular flexibility index (Phi) is 3.66. The molecule has 0 saturated carbocycles. The van der Waals surface area contributed by atoms with Gasteiger partial charge >= 0.3 is 5.97 Å². The van der Waals surface area contributed by atoms with Gasteiger partial charge in [-0.1, -0.05) is 27.5 Å². The van der Waals surface area contributed by atoms with Crippen LogP contribution in [0.25, 0.3) is 6.08 Å². The van der Waals surface area contributed by atoms with E-state index in [1.807, 2.05) is 0 Å². The Bertz CT molecular complexity index is 404. The minimum atomic E-state index is -1.14. The van der Waals surface area contributed by atoms with Crippen LogP contribution in [-0.2, 0) is 4.79 Å². The van der Waals surface area contributed by atoms with Gasteiger partial charge < -0.3 is 5.11 Å². The summed E-state index contributed by atoms with van der Waals surface area (Å²) in [6, 6.07) is 2.84. The van der Waals surface area contributed by atoms with Gasteiger partial charge in [-0.05, 0) is 18.2 Å². The molecule has 0 spiro atoms. The molecule has 0 aliphatic carbocycles. The quantitative estimate of drug-likeness (QED) is 0.666. The van der Waals surface area contributed by atoms with Crippen LogP contribution >= 0.6 is 27.5 Å². The van der Waals surface area contributed by atoms with Gasteiger partial charge in [0.05, 0.1) is 5.02 Å². The fourth-order valence-electron chi connectivity index (χ4n) is 0.858. The van der Waals surface area contributed by atoms with Gasteiger partial charge in [0.15, 0.2) is 0 Å². The van der Waals surface area contributed by atoms with Gasteiger partial charge in [0.2, 0.25) is 0 Å². The summed E-state index contributed by atoms with van der Waals surface area (Å²) in [6.07, 6.45) is 2.00. The predicted molar refractivity (Wildman–Crippen MR) is 55.8 cm³/mol. The lowest BCUT2D eigenvalue weighted by Crippen LogP contribution is -1.88. The topological polar surface area (TPSA) is 37.3 Å². The Morgan fingerprint density at radius 2 is 2.21 bits per heavy atom. The second kappa shape index (κ2) is 4.57. The van der Waals surface area contributed by atoms with Crippen LogP contribution in [0.2, 0.25) is 5.02 Å². The summed E-state index contributed by atoms with van der Waals surface area (Å²) < 4.78 is 13.8. The van der Waals surface area contributed by atoms with Crippen molar-refractivity contribution in [2.45, 2.75) is 0 Å². The first-order chi connectivity index (χ1) is 6.50. The van der Waals surface area contributed by atoms with Crippen molar-refractivity contribution in [3.63, 3.8) is 0 Å². The lowest BCUT2D eigenvalue weighted by molar-refractivity contribution is -0.131. The van der Waals surface area contributed by atoms with Gasteiger partial charge in [-0.3, -0.25) is 0 Å². The molecule has 0 radical (unpaired) electrons. The van der Waals surface area contributed by atoms with Crippen LogP contribution in [-0.4, -0.2) is 11.1 Å². The summed E-state index contributed by atoms with van der Waals surface area (Å²) in [4.78, 5) is 10.2. The molecule has 2 nitrogen and oxygen atoms in total. The van der Waals surface area contributed by atoms with E-state index in [9.17, 15) is 9.18 Å². The Balaban J connectivity index is 3.14. The van der Waals surface area contributed by atoms with Crippen LogP contribution in [0.4, 0.5) is 4.39 Å². The normalized spacial score (nSPS) is 10.8. The lowest BCUT2D eigenvalue weighted by atomic mass is 10.2. The maximum absolute atomic E-state index is 13.2. The molecular weight excluding hydrogens is 274 g/mol. The van der Waals surface area contributed by atoms with Crippen molar-refractivity contribution < 1.29 is 14.3 Å². The summed E-state index contributed by atoms with van der Waals surface area (Å²) in [6.45, 7) is 0. The van der Waals surface area contributed by atoms with Crippen LogP contribution in [0.5, 0.6) is 0 Å². The van der Waals surface area contributed by atoms with Gasteiger partial charge in [-0.25, -0.2) is 9.18 Å². The van der Waals surface area contributed by atoms with E-state index in [1.165, 1.54) is 12.1 Å². The predicted octanol–water partition coefficient (Wildman–Crippen LogP) is 3.34. The molecule has 0 heterocycles. The van der Waals surface area contributed by atoms with Gasteiger partial charge in [0, 0.05) is 16.1 Å². The van der Waals surface area contributed by atoms with E-state index in [2.05, 4.69) is 15.9 Å². The highest BCUT2D eigenvalue weighted by Gasteiger charge is 2.06. The summed E-state index contributed by atoms with van der Waals surface area (Å²) in [7, 11) is 0. The molecule has 0 atom stereocenters. The third kappa shape index (κ3) is 2.82. The van der Waals surface area contributed by atoms with Gasteiger partial charge in [-0.15, -0.1) is 0 Å². The minimum Gasteiger partial charge on any atom is -0.478 e. The summed E-state index contributed by atoms with van der Waals surface area (Å²) in [5, 5.41) is 8.30. The summed E-state index contributed by atoms with van der Waals surface area (Å²) in [5.74, 6) is -1.77. The van der Waals surface area contributed by atoms with Crippen LogP contribution in [0.3, 0.4) is 0 Å². The van der Waals surface area contributed by atoms with Gasteiger partial charge in [0.1, 0.15) is 5.82 Å². The number of halogens is 3. The van der Waals surface area contributed by atoms with E-state index in [4.69, 9.17) is 16.7 Å². The zero-order valence-electron chi connectivity index (χ0n) is 6.80. The van der Waals surface area contributed by atoms with E-state index in [0.29, 0.717) is 4.47 Å². The molecule has 74 valence electrons. The number of carbonyl (C=O) groups is 1. The van der Waals surface area contributed by atoms with Crippen LogP contribution in [0.15, 0.2) is 22.7 Å². The molecular formula is C9H5BrClFO2. The fourth-order valence-corrected chi connectivity index (χ4v) is 1.69. The molecule has 0 amide bonds. The number of benzene rings is 1. The smallest absolute Gasteiger partial charge is 0.328 e. The molecule has 0 aliphatic rings. The van der Waals surface area contributed by atoms with Crippen LogP contribution < -0.4 is 0 Å². The molecule has 0 fully saturated rings. The lowest BCUT2D eigenvalue weighted by Gasteiger charge is -2.00. The number of aliphatic carboxylic acids is 1. The zero-order valence-corrected chi connectivity index (χ0v) is 9.14. The number of hydrogen-bond donors (Lipinski definition) is 1. The summed E-state index contributed by atoms with van der Waals surface area (Å²) in [5.41, 5.74) is 0.131. The zero-order chi connectivity index (χ0) is 10.7. The van der Waals surface area contributed by atoms with Gasteiger partial charge in [0.25, 0.3) is 0 Å². The molecule has 14 heavy (non-hydrogen) atoms. The van der Waals surface area contributed by atoms with E-state index < -0.39 is 11.8 Å². The molecule has 5 heteroatoms. The van der Waals surface area contributed by atoms with Crippen molar-refractivity contribution in [1.82, 2.24) is 0 Å². The molecule has 0 aromatic heterocycles. The molecule has 0 aliphatic heterocycles. The van der Waals surface area contributed by atoms with E-state index in [-0.39, 0.29) is 10.6 Å². The highest BCUT2D eigenvalue weighted by molar-refractivity contribution is 9.10. The summed E-state index contributed by atoms with van der Waals surface area (Å²) >= 11 is 8.67. The molecule has 1 aromatic carbocycles.